The fraction of sp³-hybridized carbons (Fsp3) is 0.333. The number of benzene rings is 1. The molecule has 7 heteroatoms. The number of aliphatic carboxylic acids is 1. The maximum Gasteiger partial charge on any atom is 0.490 e. The van der Waals surface area contributed by atoms with Gasteiger partial charge in [0, 0.05) is 0 Å². The molecule has 0 radical (unpaired) electrons. The first kappa shape index (κ1) is 15.0. The van der Waals surface area contributed by atoms with Crippen LogP contribution in [0.25, 0.3) is 0 Å². The lowest BCUT2D eigenvalue weighted by Crippen LogP contribution is -2.21. The quantitative estimate of drug-likeness (QED) is 0.820. The number of carbonyl (C=O) groups is 2. The van der Waals surface area contributed by atoms with E-state index in [-0.39, 0.29) is 11.8 Å². The van der Waals surface area contributed by atoms with Crippen molar-refractivity contribution in [2.24, 2.45) is 5.73 Å². The highest BCUT2D eigenvalue weighted by molar-refractivity contribution is 5.83. The maximum absolute atomic E-state index is 11.0. The molecule has 3 N–H and O–H groups in total. The Morgan fingerprint density at radius 1 is 1.26 bits per heavy atom. The average molecular weight is 275 g/mol. The van der Waals surface area contributed by atoms with Crippen molar-refractivity contribution in [1.29, 1.82) is 0 Å². The number of alkyl halides is 3. The molecule has 1 aromatic rings. The molecule has 104 valence electrons. The molecule has 19 heavy (non-hydrogen) atoms. The third kappa shape index (κ3) is 3.97. The van der Waals surface area contributed by atoms with Gasteiger partial charge < -0.3 is 10.8 Å². The predicted octanol–water partition coefficient (Wildman–Crippen LogP) is 1.83. The number of halogens is 3. The second kappa shape index (κ2) is 5.73. The molecule has 0 spiro atoms. The first-order chi connectivity index (χ1) is 8.73. The SMILES string of the molecule is NC(=O)C1CCc2ccccc21.O=C(O)C(F)(F)F. The van der Waals surface area contributed by atoms with E-state index in [4.69, 9.17) is 15.6 Å². The molecule has 0 fully saturated rings. The van der Waals surface area contributed by atoms with Crippen molar-refractivity contribution in [2.45, 2.75) is 24.9 Å². The summed E-state index contributed by atoms with van der Waals surface area (Å²) in [6, 6.07) is 8.03. The molecule has 1 aromatic carbocycles. The van der Waals surface area contributed by atoms with Crippen molar-refractivity contribution in [1.82, 2.24) is 0 Å². The van der Waals surface area contributed by atoms with Crippen molar-refractivity contribution in [3.05, 3.63) is 35.4 Å². The van der Waals surface area contributed by atoms with Gasteiger partial charge in [0.1, 0.15) is 0 Å². The molecule has 2 rings (SSSR count). The first-order valence-corrected chi connectivity index (χ1v) is 5.40. The highest BCUT2D eigenvalue weighted by Crippen LogP contribution is 2.32. The van der Waals surface area contributed by atoms with Crippen molar-refractivity contribution in [3.8, 4) is 0 Å². The molecule has 0 saturated heterocycles. The average Bonchev–Trinajstić information content (AvgIpc) is 2.72. The van der Waals surface area contributed by atoms with E-state index in [1.165, 1.54) is 5.56 Å². The van der Waals surface area contributed by atoms with E-state index < -0.39 is 12.1 Å². The third-order valence-electron chi connectivity index (χ3n) is 2.72. The minimum absolute atomic E-state index is 0.0406. The molecular weight excluding hydrogens is 263 g/mol. The summed E-state index contributed by atoms with van der Waals surface area (Å²) >= 11 is 0. The number of carboxylic acid groups (broad SMARTS) is 1. The summed E-state index contributed by atoms with van der Waals surface area (Å²) in [7, 11) is 0. The fourth-order valence-electron chi connectivity index (χ4n) is 1.85. The summed E-state index contributed by atoms with van der Waals surface area (Å²) in [5, 5.41) is 7.12. The maximum atomic E-state index is 11.0. The van der Waals surface area contributed by atoms with Crippen molar-refractivity contribution >= 4 is 11.9 Å². The smallest absolute Gasteiger partial charge is 0.475 e. The molecule has 1 amide bonds. The number of nitrogens with two attached hydrogens (primary N) is 1. The first-order valence-electron chi connectivity index (χ1n) is 5.40. The summed E-state index contributed by atoms with van der Waals surface area (Å²) in [6.45, 7) is 0. The molecule has 0 aliphatic heterocycles. The van der Waals surface area contributed by atoms with Crippen LogP contribution in [-0.4, -0.2) is 23.2 Å². The van der Waals surface area contributed by atoms with Gasteiger partial charge in [0.05, 0.1) is 5.92 Å². The highest BCUT2D eigenvalue weighted by atomic mass is 19.4. The zero-order valence-electron chi connectivity index (χ0n) is 9.78. The van der Waals surface area contributed by atoms with Crippen LogP contribution in [-0.2, 0) is 16.0 Å². The normalized spacial score (nSPS) is 17.1. The highest BCUT2D eigenvalue weighted by Gasteiger charge is 2.38. The summed E-state index contributed by atoms with van der Waals surface area (Å²) in [5.41, 5.74) is 7.68. The Balaban J connectivity index is 0.000000224. The Kier molecular flexibility index (Phi) is 4.52. The number of carbonyl (C=O) groups excluding carboxylic acids is 1. The number of rotatable bonds is 1. The van der Waals surface area contributed by atoms with E-state index >= 15 is 0 Å². The number of fused-ring (bicyclic) bond motifs is 1. The van der Waals surface area contributed by atoms with Gasteiger partial charge >= 0.3 is 12.1 Å². The van der Waals surface area contributed by atoms with E-state index in [2.05, 4.69) is 6.07 Å². The number of aryl methyl sites for hydroxylation is 1. The van der Waals surface area contributed by atoms with Gasteiger partial charge in [-0.2, -0.15) is 13.2 Å². The lowest BCUT2D eigenvalue weighted by molar-refractivity contribution is -0.192. The molecule has 0 saturated carbocycles. The van der Waals surface area contributed by atoms with Crippen LogP contribution in [0.1, 0.15) is 23.5 Å². The second-order valence-electron chi connectivity index (χ2n) is 4.00. The van der Waals surface area contributed by atoms with E-state index in [1.54, 1.807) is 0 Å². The predicted molar refractivity (Wildman–Crippen MR) is 60.4 cm³/mol. The van der Waals surface area contributed by atoms with Crippen LogP contribution in [0, 0.1) is 0 Å². The Morgan fingerprint density at radius 2 is 1.79 bits per heavy atom. The van der Waals surface area contributed by atoms with Crippen LogP contribution in [0.4, 0.5) is 13.2 Å². The van der Waals surface area contributed by atoms with Crippen LogP contribution in [0.3, 0.4) is 0 Å². The standard InChI is InChI=1S/C10H11NO.C2HF3O2/c11-10(12)9-6-5-7-3-1-2-4-8(7)9;3-2(4,5)1(6)7/h1-4,9H,5-6H2,(H2,11,12);(H,6,7). The molecule has 4 nitrogen and oxygen atoms in total. The van der Waals surface area contributed by atoms with E-state index in [0.29, 0.717) is 0 Å². The van der Waals surface area contributed by atoms with Crippen molar-refractivity contribution in [2.75, 3.05) is 0 Å². The van der Waals surface area contributed by atoms with Gasteiger partial charge in [0.25, 0.3) is 0 Å². The fourth-order valence-corrected chi connectivity index (χ4v) is 1.85. The zero-order valence-corrected chi connectivity index (χ0v) is 9.78. The number of carboxylic acids is 1. The van der Waals surface area contributed by atoms with Gasteiger partial charge in [-0.1, -0.05) is 24.3 Å². The Hall–Kier alpha value is -2.05. The Labute approximate surface area is 107 Å². The van der Waals surface area contributed by atoms with Crippen LogP contribution in [0.5, 0.6) is 0 Å². The minimum atomic E-state index is -5.08. The topological polar surface area (TPSA) is 80.4 Å². The monoisotopic (exact) mass is 275 g/mol. The summed E-state index contributed by atoms with van der Waals surface area (Å²) in [5.74, 6) is -2.99. The van der Waals surface area contributed by atoms with E-state index in [1.807, 2.05) is 18.2 Å². The minimum Gasteiger partial charge on any atom is -0.475 e. The molecule has 0 bridgehead atoms. The molecule has 0 heterocycles. The van der Waals surface area contributed by atoms with E-state index in [0.717, 1.165) is 18.4 Å². The molecule has 0 aromatic heterocycles. The molecule has 1 atom stereocenters. The Morgan fingerprint density at radius 3 is 2.26 bits per heavy atom. The molecular formula is C12H12F3NO3. The zero-order chi connectivity index (χ0) is 14.6. The van der Waals surface area contributed by atoms with Crippen LogP contribution < -0.4 is 5.73 Å². The Bertz CT molecular complexity index is 485. The molecule has 1 aliphatic rings. The van der Waals surface area contributed by atoms with Gasteiger partial charge in [-0.15, -0.1) is 0 Å². The summed E-state index contributed by atoms with van der Waals surface area (Å²) in [6.07, 6.45) is -3.21. The van der Waals surface area contributed by atoms with Gasteiger partial charge in [-0.3, -0.25) is 4.79 Å². The van der Waals surface area contributed by atoms with Gasteiger partial charge in [-0.25, -0.2) is 4.79 Å². The number of hydrogen-bond acceptors (Lipinski definition) is 2. The van der Waals surface area contributed by atoms with Crippen molar-refractivity contribution in [3.63, 3.8) is 0 Å². The van der Waals surface area contributed by atoms with Gasteiger partial charge in [0.15, 0.2) is 0 Å². The van der Waals surface area contributed by atoms with Crippen LogP contribution in [0.2, 0.25) is 0 Å². The summed E-state index contributed by atoms with van der Waals surface area (Å²) in [4.78, 5) is 19.9. The van der Waals surface area contributed by atoms with Crippen LogP contribution in [0.15, 0.2) is 24.3 Å². The molecule has 1 aliphatic carbocycles. The number of amides is 1. The van der Waals surface area contributed by atoms with E-state index in [9.17, 15) is 18.0 Å². The third-order valence-corrected chi connectivity index (χ3v) is 2.72. The van der Waals surface area contributed by atoms with Gasteiger partial charge in [-0.05, 0) is 24.0 Å². The summed E-state index contributed by atoms with van der Waals surface area (Å²) < 4.78 is 31.7. The van der Waals surface area contributed by atoms with Gasteiger partial charge in [0.2, 0.25) is 5.91 Å². The number of primary amides is 1. The van der Waals surface area contributed by atoms with Crippen molar-refractivity contribution < 1.29 is 27.9 Å². The largest absolute Gasteiger partial charge is 0.490 e. The second-order valence-corrected chi connectivity index (χ2v) is 4.00. The lowest BCUT2D eigenvalue weighted by Gasteiger charge is -2.05. The lowest BCUT2D eigenvalue weighted by atomic mass is 10.0. The molecule has 1 unspecified atom stereocenters. The number of hydrogen-bond donors (Lipinski definition) is 2. The van der Waals surface area contributed by atoms with Crippen LogP contribution >= 0.6 is 0 Å².